The standard InChI is InChI=1S/C16H19N3O2/c1-16(2,3)19-15(20)21-14-7-6-11(9-13(14)17)12-5-4-8-18-10-12/h4-10H,17H2,1-3H3,(H,19,20). The van der Waals surface area contributed by atoms with E-state index >= 15 is 0 Å². The zero-order valence-corrected chi connectivity index (χ0v) is 12.4. The van der Waals surface area contributed by atoms with E-state index in [0.717, 1.165) is 11.1 Å². The van der Waals surface area contributed by atoms with Crippen LogP contribution >= 0.6 is 0 Å². The van der Waals surface area contributed by atoms with Crippen LogP contribution in [0.5, 0.6) is 5.75 Å². The Morgan fingerprint density at radius 1 is 1.24 bits per heavy atom. The first kappa shape index (κ1) is 14.8. The maximum atomic E-state index is 11.7. The number of amides is 1. The van der Waals surface area contributed by atoms with Gasteiger partial charge in [0.05, 0.1) is 5.69 Å². The van der Waals surface area contributed by atoms with Crippen molar-refractivity contribution < 1.29 is 9.53 Å². The summed E-state index contributed by atoms with van der Waals surface area (Å²) >= 11 is 0. The minimum absolute atomic E-state index is 0.337. The number of ether oxygens (including phenoxy) is 1. The van der Waals surface area contributed by atoms with Gasteiger partial charge in [-0.3, -0.25) is 4.98 Å². The molecule has 0 unspecified atom stereocenters. The van der Waals surface area contributed by atoms with Crippen LogP contribution in [0.15, 0.2) is 42.7 Å². The highest BCUT2D eigenvalue weighted by Crippen LogP contribution is 2.28. The average molecular weight is 285 g/mol. The number of rotatable bonds is 2. The van der Waals surface area contributed by atoms with Crippen LogP contribution in [0.1, 0.15) is 20.8 Å². The van der Waals surface area contributed by atoms with Gasteiger partial charge >= 0.3 is 6.09 Å². The van der Waals surface area contributed by atoms with E-state index < -0.39 is 6.09 Å². The molecule has 0 saturated carbocycles. The number of nitrogens with one attached hydrogen (secondary N) is 1. The molecular formula is C16H19N3O2. The summed E-state index contributed by atoms with van der Waals surface area (Å²) in [7, 11) is 0. The summed E-state index contributed by atoms with van der Waals surface area (Å²) in [6.07, 6.45) is 2.94. The summed E-state index contributed by atoms with van der Waals surface area (Å²) in [5.41, 5.74) is 7.86. The molecule has 0 saturated heterocycles. The normalized spacial score (nSPS) is 11.0. The van der Waals surface area contributed by atoms with Crippen LogP contribution in [0.4, 0.5) is 10.5 Å². The first-order valence-corrected chi connectivity index (χ1v) is 6.65. The quantitative estimate of drug-likeness (QED) is 0.830. The predicted octanol–water partition coefficient (Wildman–Crippen LogP) is 3.22. The predicted molar refractivity (Wildman–Crippen MR) is 83.0 cm³/mol. The van der Waals surface area contributed by atoms with Crippen molar-refractivity contribution in [1.29, 1.82) is 0 Å². The van der Waals surface area contributed by atoms with Gasteiger partial charge in [0.1, 0.15) is 0 Å². The third-order valence-corrected chi connectivity index (χ3v) is 2.68. The second-order valence-corrected chi connectivity index (χ2v) is 5.76. The van der Waals surface area contributed by atoms with Crippen molar-refractivity contribution in [3.63, 3.8) is 0 Å². The van der Waals surface area contributed by atoms with E-state index in [1.807, 2.05) is 39.0 Å². The molecule has 3 N–H and O–H groups in total. The van der Waals surface area contributed by atoms with Gasteiger partial charge in [0, 0.05) is 23.5 Å². The number of hydrogen-bond acceptors (Lipinski definition) is 4. The van der Waals surface area contributed by atoms with E-state index in [0.29, 0.717) is 11.4 Å². The first-order valence-electron chi connectivity index (χ1n) is 6.65. The number of pyridine rings is 1. The largest absolute Gasteiger partial charge is 0.413 e. The fraction of sp³-hybridized carbons (Fsp3) is 0.250. The van der Waals surface area contributed by atoms with Crippen LogP contribution in [0, 0.1) is 0 Å². The van der Waals surface area contributed by atoms with Crippen LogP contribution in [0.3, 0.4) is 0 Å². The minimum Gasteiger partial charge on any atom is -0.408 e. The molecule has 2 rings (SSSR count). The monoisotopic (exact) mass is 285 g/mol. The zero-order chi connectivity index (χ0) is 15.5. The van der Waals surface area contributed by atoms with Gasteiger partial charge in [0.2, 0.25) is 0 Å². The summed E-state index contributed by atoms with van der Waals surface area (Å²) in [5, 5.41) is 2.71. The number of benzene rings is 1. The van der Waals surface area contributed by atoms with E-state index in [-0.39, 0.29) is 5.54 Å². The molecule has 5 nitrogen and oxygen atoms in total. The summed E-state index contributed by atoms with van der Waals surface area (Å²) in [6, 6.07) is 9.07. The summed E-state index contributed by atoms with van der Waals surface area (Å²) in [6.45, 7) is 5.63. The number of aromatic nitrogens is 1. The molecule has 0 fully saturated rings. The van der Waals surface area contributed by atoms with Crippen LogP contribution in [-0.4, -0.2) is 16.6 Å². The van der Waals surface area contributed by atoms with Crippen LogP contribution in [0.25, 0.3) is 11.1 Å². The van der Waals surface area contributed by atoms with Gasteiger partial charge in [-0.1, -0.05) is 12.1 Å². The molecule has 0 radical (unpaired) electrons. The van der Waals surface area contributed by atoms with Crippen LogP contribution in [-0.2, 0) is 0 Å². The van der Waals surface area contributed by atoms with E-state index in [4.69, 9.17) is 10.5 Å². The second-order valence-electron chi connectivity index (χ2n) is 5.76. The van der Waals surface area contributed by atoms with Gasteiger partial charge in [0.25, 0.3) is 0 Å². The topological polar surface area (TPSA) is 77.2 Å². The Labute approximate surface area is 124 Å². The molecule has 2 aromatic rings. The lowest BCUT2D eigenvalue weighted by Crippen LogP contribution is -2.42. The Bertz CT molecular complexity index is 634. The SMILES string of the molecule is CC(C)(C)NC(=O)Oc1ccc(-c2cccnc2)cc1N. The van der Waals surface area contributed by atoms with Gasteiger partial charge in [0.15, 0.2) is 5.75 Å². The molecule has 1 aromatic heterocycles. The number of hydrogen-bond donors (Lipinski definition) is 2. The van der Waals surface area contributed by atoms with Crippen molar-refractivity contribution in [3.05, 3.63) is 42.7 Å². The highest BCUT2D eigenvalue weighted by Gasteiger charge is 2.16. The lowest BCUT2D eigenvalue weighted by molar-refractivity contribution is 0.191. The zero-order valence-electron chi connectivity index (χ0n) is 12.4. The molecule has 0 atom stereocenters. The van der Waals surface area contributed by atoms with Crippen molar-refractivity contribution in [2.45, 2.75) is 26.3 Å². The second kappa shape index (κ2) is 5.83. The maximum absolute atomic E-state index is 11.7. The minimum atomic E-state index is -0.525. The Morgan fingerprint density at radius 2 is 2.00 bits per heavy atom. The molecule has 1 amide bonds. The molecule has 0 bridgehead atoms. The smallest absolute Gasteiger partial charge is 0.408 e. The van der Waals surface area contributed by atoms with E-state index in [1.165, 1.54) is 0 Å². The average Bonchev–Trinajstić information content (AvgIpc) is 2.40. The molecule has 1 aromatic carbocycles. The van der Waals surface area contributed by atoms with Crippen molar-refractivity contribution in [1.82, 2.24) is 10.3 Å². The first-order chi connectivity index (χ1) is 9.85. The molecule has 0 aliphatic carbocycles. The number of nitrogens with zero attached hydrogens (tertiary/aromatic N) is 1. The van der Waals surface area contributed by atoms with Gasteiger partial charge < -0.3 is 15.8 Å². The Hall–Kier alpha value is -2.56. The van der Waals surface area contributed by atoms with Crippen molar-refractivity contribution >= 4 is 11.8 Å². The molecule has 1 heterocycles. The molecule has 0 aliphatic rings. The molecule has 5 heteroatoms. The van der Waals surface area contributed by atoms with Gasteiger partial charge in [-0.15, -0.1) is 0 Å². The maximum Gasteiger partial charge on any atom is 0.413 e. The fourth-order valence-electron chi connectivity index (χ4n) is 1.79. The van der Waals surface area contributed by atoms with Gasteiger partial charge in [-0.2, -0.15) is 0 Å². The third-order valence-electron chi connectivity index (χ3n) is 2.68. The van der Waals surface area contributed by atoms with Gasteiger partial charge in [-0.05, 0) is 44.5 Å². The Morgan fingerprint density at radius 3 is 2.57 bits per heavy atom. The van der Waals surface area contributed by atoms with Gasteiger partial charge in [-0.25, -0.2) is 4.79 Å². The van der Waals surface area contributed by atoms with E-state index in [1.54, 1.807) is 24.5 Å². The van der Waals surface area contributed by atoms with E-state index in [9.17, 15) is 4.79 Å². The summed E-state index contributed by atoms with van der Waals surface area (Å²) < 4.78 is 5.22. The lowest BCUT2D eigenvalue weighted by Gasteiger charge is -2.20. The number of anilines is 1. The summed E-state index contributed by atoms with van der Waals surface area (Å²) in [5.74, 6) is 0.337. The number of nitrogens with two attached hydrogens (primary N) is 1. The Kier molecular flexibility index (Phi) is 4.12. The lowest BCUT2D eigenvalue weighted by atomic mass is 10.1. The molecule has 0 spiro atoms. The van der Waals surface area contributed by atoms with Crippen molar-refractivity contribution in [2.24, 2.45) is 0 Å². The molecule has 21 heavy (non-hydrogen) atoms. The number of nitrogen functional groups attached to an aromatic ring is 1. The highest BCUT2D eigenvalue weighted by molar-refractivity contribution is 5.76. The van der Waals surface area contributed by atoms with E-state index in [2.05, 4.69) is 10.3 Å². The third kappa shape index (κ3) is 4.21. The highest BCUT2D eigenvalue weighted by atomic mass is 16.6. The number of carbonyl (C=O) groups is 1. The molecule has 110 valence electrons. The van der Waals surface area contributed by atoms with Crippen LogP contribution in [0.2, 0.25) is 0 Å². The number of carbonyl (C=O) groups excluding carboxylic acids is 1. The summed E-state index contributed by atoms with van der Waals surface area (Å²) in [4.78, 5) is 15.8. The van der Waals surface area contributed by atoms with Crippen molar-refractivity contribution in [3.8, 4) is 16.9 Å². The van der Waals surface area contributed by atoms with Crippen molar-refractivity contribution in [2.75, 3.05) is 5.73 Å². The molecular weight excluding hydrogens is 266 g/mol. The Balaban J connectivity index is 2.15. The van der Waals surface area contributed by atoms with Crippen LogP contribution < -0.4 is 15.8 Å². The molecule has 0 aliphatic heterocycles. The fourth-order valence-corrected chi connectivity index (χ4v) is 1.79.